The van der Waals surface area contributed by atoms with E-state index in [1.54, 1.807) is 0 Å². The highest BCUT2D eigenvalue weighted by atomic mass is 35.5. The summed E-state index contributed by atoms with van der Waals surface area (Å²) < 4.78 is 6.17. The molecule has 3 nitrogen and oxygen atoms in total. The van der Waals surface area contributed by atoms with Crippen LogP contribution in [0.1, 0.15) is 79.1 Å². The average molecular weight is 400 g/mol. The zero-order valence-corrected chi connectivity index (χ0v) is 18.8. The van der Waals surface area contributed by atoms with Crippen LogP contribution in [0.5, 0.6) is 0 Å². The van der Waals surface area contributed by atoms with Crippen molar-refractivity contribution in [1.29, 1.82) is 0 Å². The third kappa shape index (κ3) is 4.85. The van der Waals surface area contributed by atoms with Gasteiger partial charge in [0.15, 0.2) is 0 Å². The molecule has 5 aliphatic rings. The van der Waals surface area contributed by atoms with Crippen LogP contribution in [0.2, 0.25) is 0 Å². The summed E-state index contributed by atoms with van der Waals surface area (Å²) in [4.78, 5) is 2.50. The number of nitrogens with zero attached hydrogens (tertiary/aromatic N) is 1. The second-order valence-corrected chi connectivity index (χ2v) is 11.9. The number of hydrogen-bond donors (Lipinski definition) is 1. The molecule has 0 aromatic carbocycles. The van der Waals surface area contributed by atoms with E-state index >= 15 is 0 Å². The van der Waals surface area contributed by atoms with E-state index in [1.165, 1.54) is 51.4 Å². The van der Waals surface area contributed by atoms with Crippen LogP contribution >= 0.6 is 12.4 Å². The Morgan fingerprint density at radius 1 is 0.963 bits per heavy atom. The predicted molar refractivity (Wildman–Crippen MR) is 113 cm³/mol. The van der Waals surface area contributed by atoms with Crippen molar-refractivity contribution in [1.82, 2.24) is 4.90 Å². The summed E-state index contributed by atoms with van der Waals surface area (Å²) in [5.74, 6) is 2.93. The minimum absolute atomic E-state index is 0. The topological polar surface area (TPSA) is 32.7 Å². The van der Waals surface area contributed by atoms with Gasteiger partial charge in [-0.2, -0.15) is 0 Å². The van der Waals surface area contributed by atoms with E-state index in [2.05, 4.69) is 32.6 Å². The van der Waals surface area contributed by atoms with Crippen LogP contribution < -0.4 is 0 Å². The Balaban J connectivity index is 0.00000210. The van der Waals surface area contributed by atoms with Crippen molar-refractivity contribution in [3.8, 4) is 0 Å². The molecule has 0 spiro atoms. The van der Waals surface area contributed by atoms with Gasteiger partial charge < -0.3 is 9.84 Å². The summed E-state index contributed by atoms with van der Waals surface area (Å²) >= 11 is 0. The first-order valence-electron chi connectivity index (χ1n) is 11.2. The third-order valence-electron chi connectivity index (χ3n) is 8.20. The Morgan fingerprint density at radius 3 is 2.07 bits per heavy atom. The van der Waals surface area contributed by atoms with E-state index in [0.717, 1.165) is 37.5 Å². The Hall–Kier alpha value is 0.170. The van der Waals surface area contributed by atoms with Crippen molar-refractivity contribution in [3.05, 3.63) is 0 Å². The Kier molecular flexibility index (Phi) is 6.30. The number of rotatable bonds is 6. The van der Waals surface area contributed by atoms with Gasteiger partial charge in [-0.15, -0.1) is 12.4 Å². The van der Waals surface area contributed by atoms with Gasteiger partial charge in [0.25, 0.3) is 0 Å². The lowest BCUT2D eigenvalue weighted by Crippen LogP contribution is -2.55. The summed E-state index contributed by atoms with van der Waals surface area (Å²) in [7, 11) is 0. The molecule has 4 heteroatoms. The van der Waals surface area contributed by atoms with Gasteiger partial charge in [0, 0.05) is 18.6 Å². The zero-order chi connectivity index (χ0) is 18.6. The van der Waals surface area contributed by atoms with Crippen LogP contribution in [0.25, 0.3) is 0 Å². The number of β-amino-alcohol motifs (C(OH)–C–C–N with tert-alkyl or cyclic N) is 1. The highest BCUT2D eigenvalue weighted by Gasteiger charge is 2.51. The summed E-state index contributed by atoms with van der Waals surface area (Å²) in [6.07, 6.45) is 10.8. The maximum Gasteiger partial charge on any atom is 0.0900 e. The first-order chi connectivity index (χ1) is 12.1. The van der Waals surface area contributed by atoms with Crippen LogP contribution in [0.3, 0.4) is 0 Å². The molecule has 158 valence electrons. The number of likely N-dealkylation sites (tertiary alicyclic amines) is 1. The maximum atomic E-state index is 10.7. The minimum Gasteiger partial charge on any atom is -0.389 e. The molecule has 1 unspecified atom stereocenters. The minimum atomic E-state index is -0.364. The Morgan fingerprint density at radius 2 is 1.52 bits per heavy atom. The van der Waals surface area contributed by atoms with Gasteiger partial charge in [-0.25, -0.2) is 0 Å². The summed E-state index contributed by atoms with van der Waals surface area (Å²) in [5, 5.41) is 10.7. The number of piperidine rings is 1. The van der Waals surface area contributed by atoms with E-state index in [1.807, 2.05) is 0 Å². The predicted octanol–water partition coefficient (Wildman–Crippen LogP) is 4.90. The van der Waals surface area contributed by atoms with E-state index in [-0.39, 0.29) is 24.0 Å². The molecule has 4 saturated carbocycles. The van der Waals surface area contributed by atoms with Crippen LogP contribution in [0, 0.1) is 28.6 Å². The first kappa shape index (κ1) is 21.9. The number of hydrogen-bond acceptors (Lipinski definition) is 3. The fourth-order valence-corrected chi connectivity index (χ4v) is 7.11. The quantitative estimate of drug-likeness (QED) is 0.689. The van der Waals surface area contributed by atoms with Gasteiger partial charge in [-0.05, 0) is 93.8 Å². The second-order valence-electron chi connectivity index (χ2n) is 11.9. The van der Waals surface area contributed by atoms with Gasteiger partial charge >= 0.3 is 0 Å². The van der Waals surface area contributed by atoms with E-state index in [0.29, 0.717) is 17.4 Å². The summed E-state index contributed by atoms with van der Waals surface area (Å²) in [6, 6.07) is 0. The Bertz CT molecular complexity index is 483. The molecule has 0 aromatic rings. The van der Waals surface area contributed by atoms with Crippen molar-refractivity contribution < 1.29 is 9.84 Å². The lowest BCUT2D eigenvalue weighted by molar-refractivity contribution is -0.110. The highest BCUT2D eigenvalue weighted by molar-refractivity contribution is 5.85. The normalized spacial score (nSPS) is 40.6. The molecular formula is C23H42ClNO2. The zero-order valence-electron chi connectivity index (χ0n) is 18.0. The number of halogens is 1. The van der Waals surface area contributed by atoms with E-state index < -0.39 is 0 Å². The molecule has 0 radical (unpaired) electrons. The van der Waals surface area contributed by atoms with Gasteiger partial charge in [0.05, 0.1) is 19.3 Å². The van der Waals surface area contributed by atoms with Crippen LogP contribution in [-0.4, -0.2) is 48.0 Å². The first-order valence-corrected chi connectivity index (χ1v) is 11.2. The molecular weight excluding hydrogens is 358 g/mol. The fraction of sp³-hybridized carbons (Fsp3) is 1.00. The molecule has 1 N–H and O–H groups in total. The van der Waals surface area contributed by atoms with Gasteiger partial charge in [0.1, 0.15) is 0 Å². The molecule has 1 atom stereocenters. The maximum absolute atomic E-state index is 10.7. The van der Waals surface area contributed by atoms with Gasteiger partial charge in [-0.3, -0.25) is 4.90 Å². The monoisotopic (exact) mass is 399 g/mol. The number of aliphatic hydroxyl groups is 1. The number of ether oxygens (including phenoxy) is 1. The van der Waals surface area contributed by atoms with Crippen LogP contribution in [0.15, 0.2) is 0 Å². The molecule has 1 saturated heterocycles. The lowest BCUT2D eigenvalue weighted by atomic mass is 9.50. The molecule has 0 aromatic heterocycles. The van der Waals surface area contributed by atoms with Crippen LogP contribution in [-0.2, 0) is 4.74 Å². The average Bonchev–Trinajstić information content (AvgIpc) is 2.50. The lowest BCUT2D eigenvalue weighted by Gasteiger charge is -2.56. The van der Waals surface area contributed by atoms with Crippen LogP contribution in [0.4, 0.5) is 0 Å². The molecule has 5 fully saturated rings. The van der Waals surface area contributed by atoms with Gasteiger partial charge in [0.2, 0.25) is 0 Å². The van der Waals surface area contributed by atoms with Crippen molar-refractivity contribution in [2.75, 3.05) is 26.3 Å². The van der Waals surface area contributed by atoms with Gasteiger partial charge in [-0.1, -0.05) is 13.8 Å². The highest BCUT2D eigenvalue weighted by Crippen LogP contribution is 2.60. The number of aliphatic hydroxyl groups excluding tert-OH is 1. The smallest absolute Gasteiger partial charge is 0.0900 e. The molecule has 0 amide bonds. The van der Waals surface area contributed by atoms with Crippen molar-refractivity contribution in [3.63, 3.8) is 0 Å². The van der Waals surface area contributed by atoms with E-state index in [4.69, 9.17) is 4.74 Å². The molecule has 1 aliphatic heterocycles. The van der Waals surface area contributed by atoms with Crippen molar-refractivity contribution in [2.45, 2.75) is 90.7 Å². The SMILES string of the molecule is CC1(C)CCC(C)(C)N(CC(O)COCC23CC4CC(CC(C4)C2)C3)C1.Cl. The molecule has 1 heterocycles. The van der Waals surface area contributed by atoms with Crippen molar-refractivity contribution >= 4 is 12.4 Å². The molecule has 5 rings (SSSR count). The third-order valence-corrected chi connectivity index (χ3v) is 8.20. The second kappa shape index (κ2) is 7.78. The standard InChI is InChI=1S/C23H41NO2.ClH/c1-21(2)5-6-22(3,4)24(15-21)13-20(25)14-26-16-23-10-17-7-18(11-23)9-19(8-17)12-23;/h17-20,25H,5-16H2,1-4H3;1H. The Labute approximate surface area is 173 Å². The summed E-state index contributed by atoms with van der Waals surface area (Å²) in [6.45, 7) is 12.6. The fourth-order valence-electron chi connectivity index (χ4n) is 7.11. The van der Waals surface area contributed by atoms with E-state index in [9.17, 15) is 5.11 Å². The molecule has 4 bridgehead atoms. The molecule has 4 aliphatic carbocycles. The molecule has 27 heavy (non-hydrogen) atoms. The van der Waals surface area contributed by atoms with Crippen molar-refractivity contribution in [2.24, 2.45) is 28.6 Å². The summed E-state index contributed by atoms with van der Waals surface area (Å²) in [5.41, 5.74) is 1.01. The largest absolute Gasteiger partial charge is 0.389 e.